The number of nitrogen functional groups attached to an aromatic ring is 1. The van der Waals surface area contributed by atoms with Gasteiger partial charge in [-0.1, -0.05) is 41.9 Å². The fourth-order valence-corrected chi connectivity index (χ4v) is 5.22. The van der Waals surface area contributed by atoms with Gasteiger partial charge in [0.15, 0.2) is 5.69 Å². The van der Waals surface area contributed by atoms with E-state index in [-0.39, 0.29) is 28.9 Å². The molecule has 2 aromatic heterocycles. The van der Waals surface area contributed by atoms with Crippen LogP contribution in [0.25, 0.3) is 17.1 Å². The second-order valence-electron chi connectivity index (χ2n) is 9.68. The number of hydrogen-bond donors (Lipinski definition) is 2. The zero-order valence-corrected chi connectivity index (χ0v) is 21.2. The Balaban J connectivity index is 1.35. The monoisotopic (exact) mass is 525 g/mol. The quantitative estimate of drug-likeness (QED) is 0.405. The lowest BCUT2D eigenvalue weighted by atomic mass is 10.1. The molecule has 2 aliphatic rings. The predicted molar refractivity (Wildman–Crippen MR) is 145 cm³/mol. The molecule has 2 aliphatic heterocycles. The first kappa shape index (κ1) is 24.4. The Labute approximate surface area is 223 Å². The van der Waals surface area contributed by atoms with Gasteiger partial charge in [0.05, 0.1) is 0 Å². The Morgan fingerprint density at radius 1 is 0.949 bits per heavy atom. The number of fused-ring (bicyclic) bond motifs is 1. The number of benzene rings is 2. The highest BCUT2D eigenvalue weighted by molar-refractivity contribution is 6.08. The number of anilines is 3. The SMILES string of the molecule is NC(=O)c1cc(C(=O)N2CCc3cc(N4CCCCCC4=O)ccc32)n(-c2onc(-c3ccccc3)c2N)n1. The summed E-state index contributed by atoms with van der Waals surface area (Å²) < 4.78 is 6.70. The lowest BCUT2D eigenvalue weighted by Gasteiger charge is -2.22. The molecule has 11 heteroatoms. The highest BCUT2D eigenvalue weighted by Gasteiger charge is 2.32. The Morgan fingerprint density at radius 2 is 1.77 bits per heavy atom. The molecule has 3 amide bonds. The molecule has 0 radical (unpaired) electrons. The van der Waals surface area contributed by atoms with Crippen LogP contribution in [0.5, 0.6) is 0 Å². The zero-order chi connectivity index (χ0) is 27.1. The maximum absolute atomic E-state index is 13.9. The van der Waals surface area contributed by atoms with Crippen LogP contribution >= 0.6 is 0 Å². The van der Waals surface area contributed by atoms with Gasteiger partial charge in [0.2, 0.25) is 5.91 Å². The predicted octanol–water partition coefficient (Wildman–Crippen LogP) is 3.32. The van der Waals surface area contributed by atoms with Gasteiger partial charge in [0, 0.05) is 42.5 Å². The second kappa shape index (κ2) is 9.75. The molecule has 198 valence electrons. The molecule has 4 N–H and O–H groups in total. The topological polar surface area (TPSA) is 154 Å². The lowest BCUT2D eigenvalue weighted by Crippen LogP contribution is -2.31. The Hall–Kier alpha value is -4.93. The molecule has 11 nitrogen and oxygen atoms in total. The summed E-state index contributed by atoms with van der Waals surface area (Å²) in [6.07, 6.45) is 4.09. The fraction of sp³-hybridized carbons (Fsp3) is 0.250. The van der Waals surface area contributed by atoms with Crippen LogP contribution in [0.1, 0.15) is 52.2 Å². The first-order valence-corrected chi connectivity index (χ1v) is 12.9. The van der Waals surface area contributed by atoms with Crippen LogP contribution in [0, 0.1) is 0 Å². The van der Waals surface area contributed by atoms with Gasteiger partial charge in [-0.2, -0.15) is 9.78 Å². The summed E-state index contributed by atoms with van der Waals surface area (Å²) in [4.78, 5) is 41.9. The molecule has 0 atom stereocenters. The van der Waals surface area contributed by atoms with Crippen molar-refractivity contribution in [2.75, 3.05) is 28.6 Å². The highest BCUT2D eigenvalue weighted by Crippen LogP contribution is 2.35. The number of amides is 3. The molecule has 1 saturated heterocycles. The maximum Gasteiger partial charge on any atom is 0.277 e. The molecule has 39 heavy (non-hydrogen) atoms. The van der Waals surface area contributed by atoms with Crippen LogP contribution in [-0.4, -0.2) is 45.7 Å². The van der Waals surface area contributed by atoms with Crippen molar-refractivity contribution in [2.45, 2.75) is 32.1 Å². The van der Waals surface area contributed by atoms with E-state index >= 15 is 0 Å². The molecule has 0 spiro atoms. The van der Waals surface area contributed by atoms with Crippen LogP contribution in [0.3, 0.4) is 0 Å². The lowest BCUT2D eigenvalue weighted by molar-refractivity contribution is -0.118. The summed E-state index contributed by atoms with van der Waals surface area (Å²) in [5.74, 6) is -1.05. The maximum atomic E-state index is 13.9. The van der Waals surface area contributed by atoms with Crippen LogP contribution < -0.4 is 21.3 Å². The van der Waals surface area contributed by atoms with E-state index in [2.05, 4.69) is 10.3 Å². The molecule has 0 unspecified atom stereocenters. The van der Waals surface area contributed by atoms with Crippen molar-refractivity contribution >= 4 is 34.8 Å². The average Bonchev–Trinajstić information content (AvgIpc) is 3.63. The molecule has 4 aromatic rings. The molecule has 0 saturated carbocycles. The van der Waals surface area contributed by atoms with Gasteiger partial charge in [-0.25, -0.2) is 0 Å². The van der Waals surface area contributed by atoms with Gasteiger partial charge in [0.25, 0.3) is 17.7 Å². The van der Waals surface area contributed by atoms with E-state index in [0.29, 0.717) is 31.6 Å². The van der Waals surface area contributed by atoms with Crippen molar-refractivity contribution in [1.82, 2.24) is 14.9 Å². The van der Waals surface area contributed by atoms with Crippen LogP contribution in [0.2, 0.25) is 0 Å². The number of nitrogens with zero attached hydrogens (tertiary/aromatic N) is 5. The number of aromatic nitrogens is 3. The van der Waals surface area contributed by atoms with E-state index in [1.165, 1.54) is 10.7 Å². The summed E-state index contributed by atoms with van der Waals surface area (Å²) in [5, 5.41) is 8.31. The van der Waals surface area contributed by atoms with E-state index in [1.807, 2.05) is 53.4 Å². The van der Waals surface area contributed by atoms with Crippen LogP contribution in [-0.2, 0) is 11.2 Å². The summed E-state index contributed by atoms with van der Waals surface area (Å²) in [6, 6.07) is 16.3. The first-order chi connectivity index (χ1) is 18.9. The molecular formula is C28H27N7O4. The third kappa shape index (κ3) is 4.31. The second-order valence-corrected chi connectivity index (χ2v) is 9.68. The number of primary amides is 1. The average molecular weight is 526 g/mol. The summed E-state index contributed by atoms with van der Waals surface area (Å²) in [6.45, 7) is 1.11. The minimum absolute atomic E-state index is 0.0131. The fourth-order valence-electron chi connectivity index (χ4n) is 5.22. The zero-order valence-electron chi connectivity index (χ0n) is 21.2. The smallest absolute Gasteiger partial charge is 0.277 e. The van der Waals surface area contributed by atoms with E-state index in [4.69, 9.17) is 16.0 Å². The third-order valence-corrected chi connectivity index (χ3v) is 7.22. The standard InChI is InChI=1S/C28H27N7O4/c29-24-25(17-7-3-1-4-8-17)32-39-28(24)35-22(16-20(31-35)26(30)37)27(38)34-14-12-18-15-19(10-11-21(18)34)33-13-6-2-5-9-23(33)36/h1,3-4,7-8,10-11,15-16H,2,5-6,9,12-14,29H2,(H2,30,37). The summed E-state index contributed by atoms with van der Waals surface area (Å²) in [7, 11) is 0. The van der Waals surface area contributed by atoms with E-state index in [1.54, 1.807) is 4.90 Å². The molecule has 4 heterocycles. The van der Waals surface area contributed by atoms with Gasteiger partial charge >= 0.3 is 0 Å². The number of nitrogens with two attached hydrogens (primary N) is 2. The van der Waals surface area contributed by atoms with E-state index < -0.39 is 11.8 Å². The first-order valence-electron chi connectivity index (χ1n) is 12.9. The van der Waals surface area contributed by atoms with Gasteiger partial charge in [-0.05, 0) is 43.0 Å². The molecule has 0 bridgehead atoms. The van der Waals surface area contributed by atoms with E-state index in [0.717, 1.165) is 41.8 Å². The van der Waals surface area contributed by atoms with Crippen molar-refractivity contribution in [3.05, 3.63) is 71.5 Å². The van der Waals surface area contributed by atoms with E-state index in [9.17, 15) is 14.4 Å². The minimum Gasteiger partial charge on any atom is -0.392 e. The van der Waals surface area contributed by atoms with Crippen molar-refractivity contribution < 1.29 is 18.9 Å². The number of carbonyl (C=O) groups is 3. The van der Waals surface area contributed by atoms with Gasteiger partial charge < -0.3 is 25.8 Å². The summed E-state index contributed by atoms with van der Waals surface area (Å²) >= 11 is 0. The molecule has 1 fully saturated rings. The molecule has 2 aromatic carbocycles. The van der Waals surface area contributed by atoms with Crippen molar-refractivity contribution in [2.24, 2.45) is 5.73 Å². The molecule has 6 rings (SSSR count). The number of hydrogen-bond acceptors (Lipinski definition) is 7. The molecular weight excluding hydrogens is 498 g/mol. The number of rotatable bonds is 5. The Morgan fingerprint density at radius 3 is 2.56 bits per heavy atom. The largest absolute Gasteiger partial charge is 0.392 e. The highest BCUT2D eigenvalue weighted by atomic mass is 16.5. The van der Waals surface area contributed by atoms with Gasteiger partial charge in [0.1, 0.15) is 17.1 Å². The summed E-state index contributed by atoms with van der Waals surface area (Å²) in [5.41, 5.74) is 15.7. The van der Waals surface area contributed by atoms with Crippen molar-refractivity contribution in [1.29, 1.82) is 0 Å². The Kier molecular flexibility index (Phi) is 6.10. The van der Waals surface area contributed by atoms with Gasteiger partial charge in [-0.15, -0.1) is 0 Å². The number of carbonyl (C=O) groups excluding carboxylic acids is 3. The van der Waals surface area contributed by atoms with Crippen LogP contribution in [0.4, 0.5) is 17.1 Å². The normalized spacial score (nSPS) is 15.3. The Bertz CT molecular complexity index is 1590. The third-order valence-electron chi connectivity index (χ3n) is 7.22. The van der Waals surface area contributed by atoms with Crippen molar-refractivity contribution in [3.8, 4) is 17.1 Å². The molecule has 0 aliphatic carbocycles. The van der Waals surface area contributed by atoms with Gasteiger partial charge in [-0.3, -0.25) is 14.4 Å². The van der Waals surface area contributed by atoms with Crippen LogP contribution in [0.15, 0.2) is 59.1 Å². The van der Waals surface area contributed by atoms with Crippen molar-refractivity contribution in [3.63, 3.8) is 0 Å². The minimum atomic E-state index is -0.794.